The van der Waals surface area contributed by atoms with Gasteiger partial charge in [-0.25, -0.2) is 4.98 Å². The average molecular weight is 233 g/mol. The minimum Gasteiger partial charge on any atom is -0.298 e. The lowest BCUT2D eigenvalue weighted by Crippen LogP contribution is -2.26. The highest BCUT2D eigenvalue weighted by atomic mass is 32.1. The Bertz CT molecular complexity index is 518. The smallest absolute Gasteiger partial charge is 0.194 e. The highest BCUT2D eigenvalue weighted by Crippen LogP contribution is 2.16. The van der Waals surface area contributed by atoms with Crippen molar-refractivity contribution in [3.05, 3.63) is 23.0 Å². The van der Waals surface area contributed by atoms with Gasteiger partial charge < -0.3 is 0 Å². The van der Waals surface area contributed by atoms with Crippen LogP contribution in [0.15, 0.2) is 11.6 Å². The molecular weight excluding hydrogens is 218 g/mol. The fourth-order valence-electron chi connectivity index (χ4n) is 1.69. The molecule has 16 heavy (non-hydrogen) atoms. The van der Waals surface area contributed by atoms with Gasteiger partial charge in [-0.3, -0.25) is 9.72 Å². The van der Waals surface area contributed by atoms with E-state index < -0.39 is 0 Å². The molecule has 3 nitrogen and oxygen atoms in total. The first-order chi connectivity index (χ1) is 7.76. The molecule has 0 fully saturated rings. The molecule has 2 heterocycles. The van der Waals surface area contributed by atoms with Gasteiger partial charge in [-0.1, -0.05) is 12.8 Å². The van der Waals surface area contributed by atoms with Gasteiger partial charge in [0.05, 0.1) is 17.4 Å². The van der Waals surface area contributed by atoms with Gasteiger partial charge in [0.1, 0.15) is 0 Å². The molecule has 0 aliphatic heterocycles. The van der Waals surface area contributed by atoms with E-state index in [-0.39, 0.29) is 6.04 Å². The summed E-state index contributed by atoms with van der Waals surface area (Å²) in [5, 5.41) is 5.40. The van der Waals surface area contributed by atoms with Gasteiger partial charge in [-0.2, -0.15) is 0 Å². The molecule has 0 saturated heterocycles. The molecule has 2 aromatic heterocycles. The van der Waals surface area contributed by atoms with Crippen LogP contribution < -0.4 is 5.32 Å². The maximum Gasteiger partial charge on any atom is 0.194 e. The van der Waals surface area contributed by atoms with Crippen molar-refractivity contribution in [2.24, 2.45) is 0 Å². The minimum absolute atomic E-state index is 0.142. The van der Waals surface area contributed by atoms with E-state index in [1.807, 2.05) is 18.5 Å². The Kier molecular flexibility index (Phi) is 3.28. The van der Waals surface area contributed by atoms with E-state index in [9.17, 15) is 0 Å². The Hall–Kier alpha value is -1.31. The second-order valence-corrected chi connectivity index (χ2v) is 4.58. The van der Waals surface area contributed by atoms with Gasteiger partial charge in [0.15, 0.2) is 4.96 Å². The number of thiazole rings is 1. The molecule has 0 spiro atoms. The van der Waals surface area contributed by atoms with Crippen LogP contribution in [0.2, 0.25) is 0 Å². The number of nitrogens with zero attached hydrogens (tertiary/aromatic N) is 2. The average Bonchev–Trinajstić information content (AvgIpc) is 2.82. The number of hydrogen-bond donors (Lipinski definition) is 1. The van der Waals surface area contributed by atoms with Crippen LogP contribution >= 0.6 is 11.3 Å². The normalized spacial score (nSPS) is 12.8. The summed E-state index contributed by atoms with van der Waals surface area (Å²) in [6.45, 7) is 4.89. The molecule has 0 bridgehead atoms. The molecule has 0 radical (unpaired) electrons. The Morgan fingerprint density at radius 2 is 2.50 bits per heavy atom. The van der Waals surface area contributed by atoms with E-state index in [0.717, 1.165) is 23.6 Å². The Morgan fingerprint density at radius 1 is 1.69 bits per heavy atom. The second-order valence-electron chi connectivity index (χ2n) is 3.71. The molecule has 84 valence electrons. The van der Waals surface area contributed by atoms with Crippen molar-refractivity contribution in [2.75, 3.05) is 0 Å². The molecule has 2 rings (SSSR count). The molecule has 0 aliphatic carbocycles. The number of fused-ring (bicyclic) bond motifs is 1. The van der Waals surface area contributed by atoms with Gasteiger partial charge in [0.2, 0.25) is 0 Å². The number of rotatable bonds is 4. The summed E-state index contributed by atoms with van der Waals surface area (Å²) >= 11 is 1.65. The van der Waals surface area contributed by atoms with Crippen molar-refractivity contribution in [2.45, 2.75) is 32.9 Å². The lowest BCUT2D eigenvalue weighted by molar-refractivity contribution is 0.582. The van der Waals surface area contributed by atoms with Crippen molar-refractivity contribution < 1.29 is 0 Å². The van der Waals surface area contributed by atoms with Crippen LogP contribution in [0.1, 0.15) is 24.7 Å². The first-order valence-corrected chi connectivity index (χ1v) is 6.24. The van der Waals surface area contributed by atoms with Crippen molar-refractivity contribution in [3.63, 3.8) is 0 Å². The molecule has 2 aromatic rings. The van der Waals surface area contributed by atoms with Crippen LogP contribution in [-0.2, 0) is 6.54 Å². The maximum atomic E-state index is 5.42. The predicted molar refractivity (Wildman–Crippen MR) is 67.6 cm³/mol. The van der Waals surface area contributed by atoms with E-state index in [0.29, 0.717) is 0 Å². The molecule has 0 aliphatic rings. The first-order valence-electron chi connectivity index (χ1n) is 5.36. The summed E-state index contributed by atoms with van der Waals surface area (Å²) in [7, 11) is 0. The zero-order chi connectivity index (χ0) is 11.5. The van der Waals surface area contributed by atoms with Crippen LogP contribution in [0, 0.1) is 19.3 Å². The number of nitrogens with one attached hydrogen (secondary N) is 1. The Labute approximate surface area is 99.5 Å². The quantitative estimate of drug-likeness (QED) is 0.820. The largest absolute Gasteiger partial charge is 0.298 e. The lowest BCUT2D eigenvalue weighted by Gasteiger charge is -2.10. The fraction of sp³-hybridized carbons (Fsp3) is 0.417. The third-order valence-corrected chi connectivity index (χ3v) is 3.44. The standard InChI is InChI=1S/C12H15N3S/c1-4-10(5-2)13-8-11-9(3)14-12-15(11)6-7-16-12/h1,6-7,10,13H,5,8H2,2-3H3. The third-order valence-electron chi connectivity index (χ3n) is 2.69. The highest BCUT2D eigenvalue weighted by Gasteiger charge is 2.10. The molecule has 1 unspecified atom stereocenters. The maximum absolute atomic E-state index is 5.42. The van der Waals surface area contributed by atoms with Crippen LogP contribution in [-0.4, -0.2) is 15.4 Å². The van der Waals surface area contributed by atoms with Gasteiger partial charge in [-0.05, 0) is 13.3 Å². The molecule has 4 heteroatoms. The zero-order valence-corrected chi connectivity index (χ0v) is 10.3. The summed E-state index contributed by atoms with van der Waals surface area (Å²) in [6.07, 6.45) is 8.42. The second kappa shape index (κ2) is 4.69. The van der Waals surface area contributed by atoms with Crippen molar-refractivity contribution >= 4 is 16.3 Å². The lowest BCUT2D eigenvalue weighted by atomic mass is 10.2. The molecule has 0 aromatic carbocycles. The molecule has 1 N–H and O–H groups in total. The van der Waals surface area contributed by atoms with Gasteiger partial charge >= 0.3 is 0 Å². The van der Waals surface area contributed by atoms with E-state index in [1.54, 1.807) is 11.3 Å². The van der Waals surface area contributed by atoms with Crippen LogP contribution in [0.3, 0.4) is 0 Å². The summed E-state index contributed by atoms with van der Waals surface area (Å²) in [5.41, 5.74) is 2.27. The van der Waals surface area contributed by atoms with Crippen molar-refractivity contribution in [1.82, 2.24) is 14.7 Å². The SMILES string of the molecule is C#CC(CC)NCc1c(C)nc2sccn12. The van der Waals surface area contributed by atoms with Gasteiger partial charge in [0, 0.05) is 18.1 Å². The molecule has 1 atom stereocenters. The third kappa shape index (κ3) is 1.97. The first kappa shape index (κ1) is 11.2. The minimum atomic E-state index is 0.142. The van der Waals surface area contributed by atoms with Crippen LogP contribution in [0.25, 0.3) is 4.96 Å². The fourth-order valence-corrected chi connectivity index (χ4v) is 2.47. The summed E-state index contributed by atoms with van der Waals surface area (Å²) < 4.78 is 2.12. The number of aryl methyl sites for hydroxylation is 1. The molecule has 0 saturated carbocycles. The zero-order valence-electron chi connectivity index (χ0n) is 9.53. The van der Waals surface area contributed by atoms with Crippen LogP contribution in [0.4, 0.5) is 0 Å². The number of imidazole rings is 1. The van der Waals surface area contributed by atoms with E-state index in [4.69, 9.17) is 6.42 Å². The number of terminal acetylenes is 1. The van der Waals surface area contributed by atoms with E-state index >= 15 is 0 Å². The summed E-state index contributed by atoms with van der Waals surface area (Å²) in [5.74, 6) is 2.74. The molecule has 0 amide bonds. The predicted octanol–water partition coefficient (Wildman–Crippen LogP) is 2.21. The number of aromatic nitrogens is 2. The Balaban J connectivity index is 2.17. The molecular formula is C12H15N3S. The van der Waals surface area contributed by atoms with Crippen molar-refractivity contribution in [1.29, 1.82) is 0 Å². The summed E-state index contributed by atoms with van der Waals surface area (Å²) in [6, 6.07) is 0.142. The summed E-state index contributed by atoms with van der Waals surface area (Å²) in [4.78, 5) is 5.54. The number of hydrogen-bond acceptors (Lipinski definition) is 3. The van der Waals surface area contributed by atoms with Crippen LogP contribution in [0.5, 0.6) is 0 Å². The van der Waals surface area contributed by atoms with Gasteiger partial charge in [0.25, 0.3) is 0 Å². The monoisotopic (exact) mass is 233 g/mol. The Morgan fingerprint density at radius 3 is 3.19 bits per heavy atom. The van der Waals surface area contributed by atoms with Gasteiger partial charge in [-0.15, -0.1) is 17.8 Å². The van der Waals surface area contributed by atoms with E-state index in [2.05, 4.69) is 27.5 Å². The van der Waals surface area contributed by atoms with Crippen molar-refractivity contribution in [3.8, 4) is 12.3 Å². The topological polar surface area (TPSA) is 29.3 Å². The van der Waals surface area contributed by atoms with E-state index in [1.165, 1.54) is 5.69 Å². The highest BCUT2D eigenvalue weighted by molar-refractivity contribution is 7.15.